The van der Waals surface area contributed by atoms with Crippen molar-refractivity contribution >= 4 is 17.5 Å². The molecule has 0 saturated carbocycles. The molecule has 26 heavy (non-hydrogen) atoms. The second-order valence-corrected chi connectivity index (χ2v) is 7.77. The molecule has 144 valence electrons. The van der Waals surface area contributed by atoms with E-state index in [1.54, 1.807) is 6.92 Å². The lowest BCUT2D eigenvalue weighted by molar-refractivity contribution is -0.130. The van der Waals surface area contributed by atoms with Gasteiger partial charge < -0.3 is 10.2 Å². The Labute approximate surface area is 157 Å². The molecule has 0 spiro atoms. The van der Waals surface area contributed by atoms with E-state index in [1.165, 1.54) is 11.1 Å². The maximum atomic E-state index is 12.6. The summed E-state index contributed by atoms with van der Waals surface area (Å²) in [6.07, 6.45) is 0.476. The number of nitrogens with one attached hydrogen (secondary N) is 1. The van der Waals surface area contributed by atoms with E-state index >= 15 is 0 Å². The predicted molar refractivity (Wildman–Crippen MR) is 107 cm³/mol. The maximum Gasteiger partial charge on any atom is 0.225 e. The molecule has 5 heteroatoms. The number of carbonyl (C=O) groups excluding carboxylic acids is 2. The lowest BCUT2D eigenvalue weighted by Gasteiger charge is -2.34. The van der Waals surface area contributed by atoms with E-state index in [-0.39, 0.29) is 11.8 Å². The average molecular weight is 360 g/mol. The molecule has 0 atom stereocenters. The molecule has 1 fully saturated rings. The van der Waals surface area contributed by atoms with Gasteiger partial charge in [-0.05, 0) is 23.0 Å². The quantitative estimate of drug-likeness (QED) is 0.847. The van der Waals surface area contributed by atoms with Gasteiger partial charge in [0, 0.05) is 51.8 Å². The topological polar surface area (TPSA) is 52.7 Å². The molecule has 1 aliphatic rings. The fourth-order valence-electron chi connectivity index (χ4n) is 3.44. The Kier molecular flexibility index (Phi) is 7.21. The summed E-state index contributed by atoms with van der Waals surface area (Å²) in [5.74, 6) is 0.926. The number of hydrogen-bond acceptors (Lipinski definition) is 3. The van der Waals surface area contributed by atoms with Gasteiger partial charge in [-0.15, -0.1) is 0 Å². The lowest BCUT2D eigenvalue weighted by atomic mass is 9.92. The Balaban J connectivity index is 1.95. The third kappa shape index (κ3) is 5.31. The zero-order chi connectivity index (χ0) is 19.3. The van der Waals surface area contributed by atoms with E-state index in [1.807, 2.05) is 4.90 Å². The van der Waals surface area contributed by atoms with Crippen LogP contribution in [0.1, 0.15) is 64.0 Å². The number of amides is 2. The maximum absolute atomic E-state index is 12.6. The van der Waals surface area contributed by atoms with Gasteiger partial charge >= 0.3 is 0 Å². The highest BCUT2D eigenvalue weighted by atomic mass is 16.2. The van der Waals surface area contributed by atoms with Gasteiger partial charge in [0.05, 0.1) is 0 Å². The Morgan fingerprint density at radius 1 is 1.00 bits per heavy atom. The monoisotopic (exact) mass is 359 g/mol. The smallest absolute Gasteiger partial charge is 0.225 e. The first kappa shape index (κ1) is 20.4. The van der Waals surface area contributed by atoms with Crippen LogP contribution in [0.25, 0.3) is 0 Å². The van der Waals surface area contributed by atoms with E-state index < -0.39 is 0 Å². The van der Waals surface area contributed by atoms with Gasteiger partial charge in [-0.2, -0.15) is 0 Å². The van der Waals surface area contributed by atoms with Crippen molar-refractivity contribution in [3.05, 3.63) is 29.3 Å². The van der Waals surface area contributed by atoms with Crippen molar-refractivity contribution in [3.63, 3.8) is 0 Å². The number of nitrogens with zero attached hydrogens (tertiary/aromatic N) is 2. The summed E-state index contributed by atoms with van der Waals surface area (Å²) in [6, 6.07) is 6.29. The molecule has 5 nitrogen and oxygen atoms in total. The minimum Gasteiger partial charge on any atom is -0.340 e. The van der Waals surface area contributed by atoms with Crippen LogP contribution in [0.4, 0.5) is 5.69 Å². The van der Waals surface area contributed by atoms with Crippen molar-refractivity contribution in [1.82, 2.24) is 9.80 Å². The number of rotatable bonds is 6. The van der Waals surface area contributed by atoms with E-state index in [4.69, 9.17) is 0 Å². The molecular weight excluding hydrogens is 326 g/mol. The highest BCUT2D eigenvalue weighted by Crippen LogP contribution is 2.32. The summed E-state index contributed by atoms with van der Waals surface area (Å²) >= 11 is 0. The van der Waals surface area contributed by atoms with Crippen LogP contribution >= 0.6 is 0 Å². The molecule has 0 radical (unpaired) electrons. The third-order valence-corrected chi connectivity index (χ3v) is 5.11. The van der Waals surface area contributed by atoms with Gasteiger partial charge in [-0.3, -0.25) is 14.5 Å². The van der Waals surface area contributed by atoms with E-state index in [0.717, 1.165) is 38.4 Å². The first-order chi connectivity index (χ1) is 12.3. The normalized spacial score (nSPS) is 15.6. The Morgan fingerprint density at radius 3 is 2.00 bits per heavy atom. The summed E-state index contributed by atoms with van der Waals surface area (Å²) in [6.45, 7) is 14.2. The number of carbonyl (C=O) groups is 2. The largest absolute Gasteiger partial charge is 0.340 e. The molecule has 1 aromatic rings. The van der Waals surface area contributed by atoms with Crippen molar-refractivity contribution in [3.8, 4) is 0 Å². The fourth-order valence-corrected chi connectivity index (χ4v) is 3.44. The number of piperazine rings is 1. The summed E-state index contributed by atoms with van der Waals surface area (Å²) in [5, 5.41) is 3.18. The third-order valence-electron chi connectivity index (χ3n) is 5.11. The second kappa shape index (κ2) is 9.17. The van der Waals surface area contributed by atoms with Crippen LogP contribution in [0.3, 0.4) is 0 Å². The zero-order valence-electron chi connectivity index (χ0n) is 16.8. The van der Waals surface area contributed by atoms with Gasteiger partial charge in [0.25, 0.3) is 0 Å². The molecule has 1 aromatic carbocycles. The number of benzene rings is 1. The summed E-state index contributed by atoms with van der Waals surface area (Å²) in [7, 11) is 0. The van der Waals surface area contributed by atoms with Crippen molar-refractivity contribution in [2.75, 3.05) is 38.0 Å². The van der Waals surface area contributed by atoms with Crippen LogP contribution in [0.2, 0.25) is 0 Å². The van der Waals surface area contributed by atoms with E-state index in [2.05, 4.69) is 56.1 Å². The SMILES string of the molecule is CC(=O)N1CCN(CCC(=O)Nc2c(C(C)C)cccc2C(C)C)CC1. The molecule has 0 bridgehead atoms. The second-order valence-electron chi connectivity index (χ2n) is 7.77. The van der Waals surface area contributed by atoms with Gasteiger partial charge in [0.1, 0.15) is 0 Å². The first-order valence-corrected chi connectivity index (χ1v) is 9.70. The molecule has 0 aromatic heterocycles. The molecule has 1 N–H and O–H groups in total. The molecule has 2 amide bonds. The Bertz CT molecular complexity index is 606. The Morgan fingerprint density at radius 2 is 1.54 bits per heavy atom. The minimum atomic E-state index is 0.0639. The van der Waals surface area contributed by atoms with Crippen molar-refractivity contribution in [2.24, 2.45) is 0 Å². The molecule has 0 aliphatic carbocycles. The highest BCUT2D eigenvalue weighted by Gasteiger charge is 2.20. The summed E-state index contributed by atoms with van der Waals surface area (Å²) in [4.78, 5) is 28.1. The predicted octanol–water partition coefficient (Wildman–Crippen LogP) is 3.43. The lowest BCUT2D eigenvalue weighted by Crippen LogP contribution is -2.48. The fraction of sp³-hybridized carbons (Fsp3) is 0.619. The molecule has 0 unspecified atom stereocenters. The molecule has 1 aliphatic heterocycles. The molecule has 1 saturated heterocycles. The standard InChI is InChI=1S/C21H33N3O2/c1-15(2)18-7-6-8-19(16(3)4)21(18)22-20(26)9-10-23-11-13-24(14-12-23)17(5)25/h6-8,15-16H,9-14H2,1-5H3,(H,22,26). The van der Waals surface area contributed by atoms with E-state index in [9.17, 15) is 9.59 Å². The van der Waals surface area contributed by atoms with Crippen molar-refractivity contribution in [1.29, 1.82) is 0 Å². The van der Waals surface area contributed by atoms with Gasteiger partial charge in [0.15, 0.2) is 0 Å². The summed E-state index contributed by atoms with van der Waals surface area (Å²) in [5.41, 5.74) is 3.38. The van der Waals surface area contributed by atoms with Crippen molar-refractivity contribution in [2.45, 2.75) is 52.9 Å². The van der Waals surface area contributed by atoms with Crippen molar-refractivity contribution < 1.29 is 9.59 Å². The van der Waals surface area contributed by atoms with Gasteiger partial charge in [0.2, 0.25) is 11.8 Å². The van der Waals surface area contributed by atoms with Gasteiger partial charge in [-0.25, -0.2) is 0 Å². The molecular formula is C21H33N3O2. The number of anilines is 1. The van der Waals surface area contributed by atoms with E-state index in [0.29, 0.717) is 18.3 Å². The highest BCUT2D eigenvalue weighted by molar-refractivity contribution is 5.92. The number of para-hydroxylation sites is 1. The Hall–Kier alpha value is -1.88. The first-order valence-electron chi connectivity index (χ1n) is 9.70. The molecule has 1 heterocycles. The number of hydrogen-bond donors (Lipinski definition) is 1. The van der Waals surface area contributed by atoms with Crippen LogP contribution in [-0.2, 0) is 9.59 Å². The van der Waals surface area contributed by atoms with Crippen LogP contribution in [0.15, 0.2) is 18.2 Å². The molecule has 2 rings (SSSR count). The minimum absolute atomic E-state index is 0.0639. The van der Waals surface area contributed by atoms with Crippen LogP contribution in [0.5, 0.6) is 0 Å². The zero-order valence-corrected chi connectivity index (χ0v) is 16.8. The summed E-state index contributed by atoms with van der Waals surface area (Å²) < 4.78 is 0. The average Bonchev–Trinajstić information content (AvgIpc) is 2.60. The van der Waals surface area contributed by atoms with Crippen LogP contribution in [0, 0.1) is 0 Å². The van der Waals surface area contributed by atoms with Crippen LogP contribution in [-0.4, -0.2) is 54.3 Å². The van der Waals surface area contributed by atoms with Gasteiger partial charge in [-0.1, -0.05) is 45.9 Å². The van der Waals surface area contributed by atoms with Crippen LogP contribution < -0.4 is 5.32 Å².